The Bertz CT molecular complexity index is 1880. The van der Waals surface area contributed by atoms with Crippen LogP contribution in [-0.4, -0.2) is 80.8 Å². The van der Waals surface area contributed by atoms with Gasteiger partial charge in [0, 0.05) is 51.2 Å². The van der Waals surface area contributed by atoms with Crippen LogP contribution in [-0.2, 0) is 40.0 Å². The van der Waals surface area contributed by atoms with Crippen molar-refractivity contribution in [2.75, 3.05) is 19.7 Å². The summed E-state index contributed by atoms with van der Waals surface area (Å²) in [7, 11) is -1.31. The first-order valence-electron chi connectivity index (χ1n) is 19.6. The lowest BCUT2D eigenvalue weighted by molar-refractivity contribution is -0.161. The Hall–Kier alpha value is -2.84. The number of fused-ring (bicyclic) bond motifs is 3. The molecule has 4 aromatic rings. The van der Waals surface area contributed by atoms with E-state index in [9.17, 15) is 13.2 Å². The second kappa shape index (κ2) is 15.0. The van der Waals surface area contributed by atoms with Crippen LogP contribution >= 0.6 is 0 Å². The predicted molar refractivity (Wildman–Crippen MR) is 203 cm³/mol. The second-order valence-corrected chi connectivity index (χ2v) is 23.2. The van der Waals surface area contributed by atoms with Crippen LogP contribution in [0.4, 0.5) is 13.2 Å². The summed E-state index contributed by atoms with van der Waals surface area (Å²) in [5, 5.41) is 1.15. The first-order chi connectivity index (χ1) is 25.1. The maximum Gasteiger partial charge on any atom is 0.416 e. The fraction of sp³-hybridized carbons (Fsp3) is 0.675. The Labute approximate surface area is 312 Å². The van der Waals surface area contributed by atoms with Gasteiger partial charge in [0.05, 0.1) is 34.4 Å². The molecule has 2 saturated carbocycles. The van der Waals surface area contributed by atoms with Gasteiger partial charge in [-0.2, -0.15) is 13.2 Å². The summed E-state index contributed by atoms with van der Waals surface area (Å²) in [6.07, 6.45) is 6.34. The van der Waals surface area contributed by atoms with E-state index in [0.29, 0.717) is 30.1 Å². The summed E-state index contributed by atoms with van der Waals surface area (Å²) < 4.78 is 64.4. The molecule has 2 aliphatic carbocycles. The van der Waals surface area contributed by atoms with Crippen LogP contribution in [0.15, 0.2) is 36.8 Å². The molecule has 0 radical (unpaired) electrons. The lowest BCUT2D eigenvalue weighted by atomic mass is 10.0. The average molecular weight is 755 g/mol. The first kappa shape index (κ1) is 38.4. The van der Waals surface area contributed by atoms with Gasteiger partial charge >= 0.3 is 6.18 Å². The van der Waals surface area contributed by atoms with E-state index in [4.69, 9.17) is 24.2 Å². The number of rotatable bonds is 16. The molecule has 3 unspecified atom stereocenters. The van der Waals surface area contributed by atoms with Crippen molar-refractivity contribution in [2.45, 2.75) is 141 Å². The molecule has 3 fully saturated rings. The summed E-state index contributed by atoms with van der Waals surface area (Å²) >= 11 is 0. The molecule has 9 nitrogen and oxygen atoms in total. The number of ether oxygens (including phenoxy) is 3. The quantitative estimate of drug-likeness (QED) is 0.0836. The molecule has 4 heterocycles. The summed E-state index contributed by atoms with van der Waals surface area (Å²) in [6.45, 7) is 17.9. The Morgan fingerprint density at radius 1 is 1.06 bits per heavy atom. The highest BCUT2D eigenvalue weighted by Crippen LogP contribution is 2.48. The summed E-state index contributed by atoms with van der Waals surface area (Å²) in [6, 6.07) is 7.42. The number of hydrogen-bond donors (Lipinski definition) is 0. The number of aryl methyl sites for hydroxylation is 1. The largest absolute Gasteiger partial charge is 0.416 e. The predicted octanol–water partition coefficient (Wildman–Crippen LogP) is 8.88. The van der Waals surface area contributed by atoms with Crippen LogP contribution in [0.25, 0.3) is 22.1 Å². The van der Waals surface area contributed by atoms with E-state index in [-0.39, 0.29) is 30.9 Å². The van der Waals surface area contributed by atoms with Crippen LogP contribution in [0, 0.1) is 11.8 Å². The number of benzene rings is 1. The van der Waals surface area contributed by atoms with Crippen molar-refractivity contribution < 1.29 is 27.4 Å². The highest BCUT2D eigenvalue weighted by molar-refractivity contribution is 6.76. The van der Waals surface area contributed by atoms with Gasteiger partial charge in [-0.1, -0.05) is 19.6 Å². The van der Waals surface area contributed by atoms with Gasteiger partial charge in [0.1, 0.15) is 30.6 Å². The molecule has 3 aromatic heterocycles. The number of imidazole rings is 1. The normalized spacial score (nSPS) is 23.3. The molecule has 7 rings (SSSR count). The van der Waals surface area contributed by atoms with Crippen molar-refractivity contribution in [3.05, 3.63) is 53.9 Å². The van der Waals surface area contributed by atoms with Gasteiger partial charge in [-0.05, 0) is 109 Å². The van der Waals surface area contributed by atoms with Crippen LogP contribution in [0.1, 0.15) is 82.9 Å². The summed E-state index contributed by atoms with van der Waals surface area (Å²) in [5.41, 5.74) is 2.50. The molecule has 1 aromatic carbocycles. The highest BCUT2D eigenvalue weighted by Gasteiger charge is 2.55. The molecule has 4 atom stereocenters. The van der Waals surface area contributed by atoms with E-state index in [1.807, 2.05) is 18.4 Å². The minimum atomic E-state index is -4.42. The van der Waals surface area contributed by atoms with Gasteiger partial charge in [-0.15, -0.1) is 0 Å². The third-order valence-corrected chi connectivity index (χ3v) is 13.1. The second-order valence-electron chi connectivity index (χ2n) is 17.6. The van der Waals surface area contributed by atoms with E-state index < -0.39 is 25.6 Å². The minimum absolute atomic E-state index is 0.0242. The number of alkyl halides is 3. The van der Waals surface area contributed by atoms with E-state index in [0.717, 1.165) is 79.4 Å². The fourth-order valence-corrected chi connectivity index (χ4v) is 8.99. The Morgan fingerprint density at radius 3 is 2.55 bits per heavy atom. The van der Waals surface area contributed by atoms with Crippen LogP contribution < -0.4 is 0 Å². The van der Waals surface area contributed by atoms with Gasteiger partial charge in [-0.3, -0.25) is 0 Å². The van der Waals surface area contributed by atoms with Crippen molar-refractivity contribution in [2.24, 2.45) is 11.8 Å². The molecule has 0 amide bonds. The van der Waals surface area contributed by atoms with Gasteiger partial charge in [-0.25, -0.2) is 15.0 Å². The summed E-state index contributed by atoms with van der Waals surface area (Å²) in [5.74, 6) is 1.14. The van der Waals surface area contributed by atoms with Crippen molar-refractivity contribution in [1.29, 1.82) is 0 Å². The Balaban J connectivity index is 1.02. The van der Waals surface area contributed by atoms with Gasteiger partial charge < -0.3 is 28.2 Å². The van der Waals surface area contributed by atoms with E-state index in [1.165, 1.54) is 25.0 Å². The third-order valence-electron chi connectivity index (χ3n) is 11.3. The molecule has 1 aliphatic heterocycles. The molecule has 3 aliphatic rings. The number of aromatic nitrogens is 5. The van der Waals surface area contributed by atoms with Gasteiger partial charge in [0.15, 0.2) is 5.79 Å². The zero-order valence-electron chi connectivity index (χ0n) is 32.5. The van der Waals surface area contributed by atoms with Crippen LogP contribution in [0.5, 0.6) is 0 Å². The van der Waals surface area contributed by atoms with Crippen molar-refractivity contribution in [3.63, 3.8) is 0 Å². The molecular weight excluding hydrogens is 698 g/mol. The molecular formula is C40H57F3N6O3Si. The third kappa shape index (κ3) is 8.85. The average Bonchev–Trinajstić information content (AvgIpc) is 3.37. The lowest BCUT2D eigenvalue weighted by Crippen LogP contribution is -2.39. The highest BCUT2D eigenvalue weighted by atomic mass is 28.3. The maximum atomic E-state index is 13.7. The van der Waals surface area contributed by atoms with Gasteiger partial charge in [0.25, 0.3) is 0 Å². The molecule has 0 bridgehead atoms. The van der Waals surface area contributed by atoms with E-state index in [2.05, 4.69) is 60.2 Å². The minimum Gasteiger partial charge on any atom is -0.361 e. The topological polar surface area (TPSA) is 79.5 Å². The first-order valence-corrected chi connectivity index (χ1v) is 23.3. The number of hydrogen-bond acceptors (Lipinski definition) is 7. The molecule has 53 heavy (non-hydrogen) atoms. The van der Waals surface area contributed by atoms with Crippen molar-refractivity contribution in [1.82, 2.24) is 29.0 Å². The Morgan fingerprint density at radius 2 is 1.83 bits per heavy atom. The molecule has 290 valence electrons. The molecule has 1 saturated heterocycles. The maximum absolute atomic E-state index is 13.7. The zero-order valence-corrected chi connectivity index (χ0v) is 33.5. The Kier molecular flexibility index (Phi) is 10.9. The molecule has 0 N–H and O–H groups in total. The lowest BCUT2D eigenvalue weighted by Gasteiger charge is -2.31. The van der Waals surface area contributed by atoms with Crippen LogP contribution in [0.2, 0.25) is 25.7 Å². The van der Waals surface area contributed by atoms with Crippen LogP contribution in [0.3, 0.4) is 0 Å². The molecule has 13 heteroatoms. The van der Waals surface area contributed by atoms with Crippen molar-refractivity contribution >= 4 is 30.1 Å². The smallest absolute Gasteiger partial charge is 0.361 e. The number of halogens is 3. The zero-order chi connectivity index (χ0) is 37.7. The standard InChI is InChI=1S/C40H57F3N6O3Si/c1-26(2)47(16-9-8-10-35-46-31-14-13-29(40(41,42)43)22-33(31)49(35)25-50-18-19-53(5,6)7)23-28-21-34(37-36(28)51-39(3,4)52-37)48-17-15-30-32(20-27-11-12-27)44-24-45-38(30)48/h13-15,17,22,24,26-28,34,36-37H,8-12,16,18-21,23,25H2,1-7H3/t28?,34?,36-,37?/m1/s1. The number of unbranched alkanes of at least 4 members (excludes halogenated alkanes) is 1. The molecule has 0 spiro atoms. The fourth-order valence-electron chi connectivity index (χ4n) is 8.23. The summed E-state index contributed by atoms with van der Waals surface area (Å²) in [4.78, 5) is 16.8. The monoisotopic (exact) mass is 754 g/mol. The van der Waals surface area contributed by atoms with Crippen molar-refractivity contribution in [3.8, 4) is 0 Å². The number of nitrogens with zero attached hydrogens (tertiary/aromatic N) is 6. The van der Waals surface area contributed by atoms with Gasteiger partial charge in [0.2, 0.25) is 0 Å². The van der Waals surface area contributed by atoms with E-state index in [1.54, 1.807) is 6.33 Å². The van der Waals surface area contributed by atoms with E-state index >= 15 is 0 Å². The SMILES string of the molecule is CC(C)N(CCCCc1nc2ccc(C(F)(F)F)cc2n1COCC[Si](C)(C)C)CC1CC(n2ccc3c(CC4CC4)ncnc32)C2OC(C)(C)O[C@H]12.